The molecule has 0 aliphatic carbocycles. The van der Waals surface area contributed by atoms with Gasteiger partial charge in [0.25, 0.3) is 0 Å². The zero-order chi connectivity index (χ0) is 25.9. The number of anilines is 1. The van der Waals surface area contributed by atoms with Gasteiger partial charge < -0.3 is 9.64 Å². The summed E-state index contributed by atoms with van der Waals surface area (Å²) < 4.78 is 34.3. The monoisotopic (exact) mass is 561 g/mol. The van der Waals surface area contributed by atoms with Gasteiger partial charge in [-0.2, -0.15) is 10.2 Å². The summed E-state index contributed by atoms with van der Waals surface area (Å²) in [4.78, 5) is 6.86. The van der Waals surface area contributed by atoms with Crippen LogP contribution in [0.3, 0.4) is 0 Å². The Morgan fingerprint density at radius 1 is 1.19 bits per heavy atom. The van der Waals surface area contributed by atoms with Gasteiger partial charge >= 0.3 is 0 Å². The van der Waals surface area contributed by atoms with Crippen LogP contribution in [-0.4, -0.2) is 66.3 Å². The van der Waals surface area contributed by atoms with E-state index >= 15 is 0 Å². The molecule has 9 nitrogen and oxygen atoms in total. The molecule has 3 aromatic heterocycles. The first-order valence-corrected chi connectivity index (χ1v) is 13.8. The number of rotatable bonds is 6. The number of nitrogens with one attached hydrogen (secondary N) is 1. The second-order valence-corrected chi connectivity index (χ2v) is 11.7. The van der Waals surface area contributed by atoms with Crippen molar-refractivity contribution >= 4 is 50.9 Å². The standard InChI is InChI=1S/C24H22Cl2FN7O2S/c1-13(21-16(25)8-29-32-23(21)26)36-19-5-15-18(6-17(19)27)30-31-22(15)14-3-4-20(28-7-14)33-9-24(10-33)11-34(12-24)37(2)35/h3-8,13H,9-12H2,1-2H3,(H,30,31)/t13-,37?/m1/s1. The molecule has 2 atom stereocenters. The fourth-order valence-corrected chi connectivity index (χ4v) is 6.56. The highest BCUT2D eigenvalue weighted by atomic mass is 35.5. The van der Waals surface area contributed by atoms with Crippen LogP contribution in [-0.2, 0) is 11.0 Å². The van der Waals surface area contributed by atoms with Crippen molar-refractivity contribution in [3.8, 4) is 17.0 Å². The molecule has 192 valence electrons. The zero-order valence-corrected chi connectivity index (χ0v) is 22.2. The minimum Gasteiger partial charge on any atom is -0.483 e. The number of fused-ring (bicyclic) bond motifs is 1. The largest absolute Gasteiger partial charge is 0.483 e. The lowest BCUT2D eigenvalue weighted by atomic mass is 9.74. The Balaban J connectivity index is 1.21. The average molecular weight is 562 g/mol. The first-order chi connectivity index (χ1) is 17.7. The molecule has 0 saturated carbocycles. The van der Waals surface area contributed by atoms with Crippen LogP contribution in [0.25, 0.3) is 22.2 Å². The van der Waals surface area contributed by atoms with Crippen LogP contribution in [0.2, 0.25) is 10.2 Å². The Morgan fingerprint density at radius 3 is 2.65 bits per heavy atom. The molecular weight excluding hydrogens is 540 g/mol. The van der Waals surface area contributed by atoms with Crippen molar-refractivity contribution in [2.75, 3.05) is 37.3 Å². The molecule has 37 heavy (non-hydrogen) atoms. The summed E-state index contributed by atoms with van der Waals surface area (Å²) in [5, 5.41) is 15.8. The summed E-state index contributed by atoms with van der Waals surface area (Å²) in [5.41, 5.74) is 2.61. The number of hydrogen-bond acceptors (Lipinski definition) is 7. The van der Waals surface area contributed by atoms with E-state index in [4.69, 9.17) is 27.9 Å². The van der Waals surface area contributed by atoms with Gasteiger partial charge in [0.05, 0.1) is 33.3 Å². The number of ether oxygens (including phenoxy) is 1. The highest BCUT2D eigenvalue weighted by Crippen LogP contribution is 2.42. The van der Waals surface area contributed by atoms with E-state index in [0.29, 0.717) is 22.2 Å². The lowest BCUT2D eigenvalue weighted by molar-refractivity contribution is 0.0434. The minimum absolute atomic E-state index is 0.0320. The number of benzene rings is 1. The smallest absolute Gasteiger partial charge is 0.167 e. The van der Waals surface area contributed by atoms with Crippen molar-refractivity contribution in [3.05, 3.63) is 58.2 Å². The summed E-state index contributed by atoms with van der Waals surface area (Å²) in [6, 6.07) is 6.85. The second-order valence-electron chi connectivity index (χ2n) is 9.54. The van der Waals surface area contributed by atoms with Crippen LogP contribution >= 0.6 is 23.2 Å². The molecule has 1 unspecified atom stereocenters. The second kappa shape index (κ2) is 9.16. The molecular formula is C24H22Cl2FN7O2S. The highest BCUT2D eigenvalue weighted by molar-refractivity contribution is 7.81. The number of hydrogen-bond donors (Lipinski definition) is 1. The van der Waals surface area contributed by atoms with E-state index in [1.165, 1.54) is 12.3 Å². The molecule has 5 heterocycles. The maximum Gasteiger partial charge on any atom is 0.167 e. The van der Waals surface area contributed by atoms with Crippen LogP contribution < -0.4 is 9.64 Å². The third-order valence-electron chi connectivity index (χ3n) is 6.91. The van der Waals surface area contributed by atoms with Gasteiger partial charge in [0.2, 0.25) is 0 Å². The van der Waals surface area contributed by atoms with E-state index < -0.39 is 22.9 Å². The lowest BCUT2D eigenvalue weighted by Gasteiger charge is -2.59. The van der Waals surface area contributed by atoms with Crippen molar-refractivity contribution in [1.82, 2.24) is 29.7 Å². The summed E-state index contributed by atoms with van der Waals surface area (Å²) in [6.07, 6.45) is 4.18. The molecule has 2 saturated heterocycles. The molecule has 4 aromatic rings. The minimum atomic E-state index is -0.905. The van der Waals surface area contributed by atoms with E-state index in [-0.39, 0.29) is 21.3 Å². The van der Waals surface area contributed by atoms with Crippen molar-refractivity contribution < 1.29 is 13.3 Å². The molecule has 1 aromatic carbocycles. The van der Waals surface area contributed by atoms with Gasteiger partial charge in [-0.25, -0.2) is 17.9 Å². The van der Waals surface area contributed by atoms with Gasteiger partial charge in [-0.3, -0.25) is 5.10 Å². The Kier molecular flexibility index (Phi) is 6.06. The topological polar surface area (TPSA) is 100 Å². The number of aromatic nitrogens is 5. The lowest BCUT2D eigenvalue weighted by Crippen LogP contribution is -2.72. The maximum atomic E-state index is 14.9. The van der Waals surface area contributed by atoms with E-state index in [1.807, 2.05) is 16.4 Å². The number of H-pyrrole nitrogens is 1. The first kappa shape index (κ1) is 24.5. The molecule has 0 amide bonds. The molecule has 0 bridgehead atoms. The average Bonchev–Trinajstić information content (AvgIpc) is 3.20. The SMILES string of the molecule is C[C@@H](Oc1cc2c(-c3ccc(N4CC5(C4)CN(S(C)=O)C5)nc3)n[nH]c2cc1F)c1c(Cl)cnnc1Cl. The van der Waals surface area contributed by atoms with Gasteiger partial charge in [-0.1, -0.05) is 23.2 Å². The van der Waals surface area contributed by atoms with E-state index in [9.17, 15) is 8.60 Å². The van der Waals surface area contributed by atoms with Gasteiger partial charge in [0.15, 0.2) is 16.7 Å². The summed E-state index contributed by atoms with van der Waals surface area (Å²) in [5.74, 6) is 0.365. The van der Waals surface area contributed by atoms with Crippen LogP contribution in [0, 0.1) is 11.2 Å². The molecule has 1 spiro atoms. The number of halogens is 3. The Morgan fingerprint density at radius 2 is 1.97 bits per heavy atom. The predicted molar refractivity (Wildman–Crippen MR) is 141 cm³/mol. The van der Waals surface area contributed by atoms with Crippen LogP contribution in [0.5, 0.6) is 5.75 Å². The molecule has 13 heteroatoms. The number of pyridine rings is 1. The number of aromatic amines is 1. The van der Waals surface area contributed by atoms with E-state index in [0.717, 1.165) is 37.6 Å². The fraction of sp³-hybridized carbons (Fsp3) is 0.333. The number of nitrogens with zero attached hydrogens (tertiary/aromatic N) is 6. The Hall–Kier alpha value is -2.86. The third kappa shape index (κ3) is 4.33. The fourth-order valence-electron chi connectivity index (χ4n) is 5.01. The van der Waals surface area contributed by atoms with Gasteiger partial charge in [0, 0.05) is 61.1 Å². The maximum absolute atomic E-state index is 14.9. The molecule has 2 aliphatic heterocycles. The van der Waals surface area contributed by atoms with Crippen molar-refractivity contribution in [3.63, 3.8) is 0 Å². The Labute approximate surface area is 224 Å². The van der Waals surface area contributed by atoms with Gasteiger partial charge in [-0.15, -0.1) is 5.10 Å². The molecule has 2 fully saturated rings. The van der Waals surface area contributed by atoms with E-state index in [2.05, 4.69) is 30.3 Å². The zero-order valence-electron chi connectivity index (χ0n) is 19.9. The summed E-state index contributed by atoms with van der Waals surface area (Å²) >= 11 is 12.3. The Bertz CT molecular complexity index is 1500. The van der Waals surface area contributed by atoms with Crippen molar-refractivity contribution in [2.24, 2.45) is 5.41 Å². The molecule has 0 radical (unpaired) electrons. The third-order valence-corrected chi connectivity index (χ3v) is 8.47. The predicted octanol–water partition coefficient (Wildman–Crippen LogP) is 4.42. The summed E-state index contributed by atoms with van der Waals surface area (Å²) in [7, 11) is -0.905. The quantitative estimate of drug-likeness (QED) is 0.372. The summed E-state index contributed by atoms with van der Waals surface area (Å²) in [6.45, 7) is 5.23. The van der Waals surface area contributed by atoms with Crippen molar-refractivity contribution in [2.45, 2.75) is 13.0 Å². The van der Waals surface area contributed by atoms with Crippen LogP contribution in [0.4, 0.5) is 10.2 Å². The molecule has 6 rings (SSSR count). The molecule has 1 N–H and O–H groups in total. The van der Waals surface area contributed by atoms with Crippen LogP contribution in [0.15, 0.2) is 36.7 Å². The van der Waals surface area contributed by atoms with Gasteiger partial charge in [0.1, 0.15) is 17.6 Å². The first-order valence-electron chi connectivity index (χ1n) is 11.5. The van der Waals surface area contributed by atoms with Crippen LogP contribution in [0.1, 0.15) is 18.6 Å². The highest BCUT2D eigenvalue weighted by Gasteiger charge is 2.53. The van der Waals surface area contributed by atoms with Gasteiger partial charge in [-0.05, 0) is 25.1 Å². The van der Waals surface area contributed by atoms with Crippen molar-refractivity contribution in [1.29, 1.82) is 0 Å². The molecule has 2 aliphatic rings. The normalized spacial score (nSPS) is 18.5. The van der Waals surface area contributed by atoms with E-state index in [1.54, 1.807) is 25.4 Å².